The monoisotopic (exact) mass is 575 g/mol. The van der Waals surface area contributed by atoms with Crippen LogP contribution < -0.4 is 0 Å². The minimum absolute atomic E-state index is 0.602. The highest BCUT2D eigenvalue weighted by molar-refractivity contribution is 6.14. The summed E-state index contributed by atoms with van der Waals surface area (Å²) in [6.07, 6.45) is 0. The molecule has 0 bridgehead atoms. The van der Waals surface area contributed by atoms with Crippen LogP contribution in [0, 0.1) is 0 Å². The molecule has 0 fully saturated rings. The molecule has 0 saturated carbocycles. The number of fused-ring (bicyclic) bond motifs is 5. The molecular formula is C41H25N3O. The van der Waals surface area contributed by atoms with Crippen LogP contribution in [-0.2, 0) is 0 Å². The molecule has 7 aromatic carbocycles. The zero-order valence-electron chi connectivity index (χ0n) is 24.2. The predicted octanol–water partition coefficient (Wildman–Crippen LogP) is 10.7. The predicted molar refractivity (Wildman–Crippen MR) is 184 cm³/mol. The van der Waals surface area contributed by atoms with Gasteiger partial charge in [-0.2, -0.15) is 0 Å². The summed E-state index contributed by atoms with van der Waals surface area (Å²) in [6, 6.07) is 52.2. The minimum Gasteiger partial charge on any atom is -0.456 e. The standard InChI is InChI=1S/C41H25N3O/c1-2-13-28(14-3-1)39-42-40(30-22-21-26-11-4-5-15-29(26)23-30)44-41(43-39)35-24-31(33-19-10-16-27-12-6-7-17-32(27)33)25-37-38(35)34-18-8-9-20-36(34)45-37/h1-25H. The first-order valence-electron chi connectivity index (χ1n) is 15.0. The summed E-state index contributed by atoms with van der Waals surface area (Å²) in [6.45, 7) is 0. The number of benzene rings is 7. The van der Waals surface area contributed by atoms with Gasteiger partial charge < -0.3 is 4.42 Å². The summed E-state index contributed by atoms with van der Waals surface area (Å²) in [7, 11) is 0. The molecule has 0 aliphatic heterocycles. The molecule has 4 heteroatoms. The van der Waals surface area contributed by atoms with Crippen molar-refractivity contribution in [2.45, 2.75) is 0 Å². The maximum absolute atomic E-state index is 6.50. The summed E-state index contributed by atoms with van der Waals surface area (Å²) in [4.78, 5) is 15.3. The van der Waals surface area contributed by atoms with E-state index in [1.54, 1.807) is 0 Å². The molecule has 0 spiro atoms. The van der Waals surface area contributed by atoms with E-state index in [2.05, 4.69) is 103 Å². The number of para-hydroxylation sites is 1. The summed E-state index contributed by atoms with van der Waals surface area (Å²) in [5, 5.41) is 6.70. The first-order valence-corrected chi connectivity index (χ1v) is 15.0. The Morgan fingerprint density at radius 2 is 1.02 bits per heavy atom. The van der Waals surface area contributed by atoms with E-state index in [9.17, 15) is 0 Å². The van der Waals surface area contributed by atoms with Crippen molar-refractivity contribution in [3.8, 4) is 45.3 Å². The SMILES string of the molecule is c1ccc(-c2nc(-c3ccc4ccccc4c3)nc(-c3cc(-c4cccc5ccccc45)cc4oc5ccccc5c34)n2)cc1. The van der Waals surface area contributed by atoms with Crippen molar-refractivity contribution in [3.63, 3.8) is 0 Å². The van der Waals surface area contributed by atoms with E-state index in [-0.39, 0.29) is 0 Å². The van der Waals surface area contributed by atoms with E-state index in [0.717, 1.165) is 55.1 Å². The maximum atomic E-state index is 6.50. The lowest BCUT2D eigenvalue weighted by molar-refractivity contribution is 0.669. The molecule has 4 nitrogen and oxygen atoms in total. The van der Waals surface area contributed by atoms with E-state index in [1.165, 1.54) is 16.2 Å². The minimum atomic E-state index is 0.602. The van der Waals surface area contributed by atoms with Crippen molar-refractivity contribution >= 4 is 43.5 Å². The van der Waals surface area contributed by atoms with Crippen molar-refractivity contribution in [1.29, 1.82) is 0 Å². The zero-order valence-corrected chi connectivity index (χ0v) is 24.2. The Hall–Kier alpha value is -6.13. The van der Waals surface area contributed by atoms with E-state index < -0.39 is 0 Å². The van der Waals surface area contributed by atoms with Gasteiger partial charge >= 0.3 is 0 Å². The second-order valence-electron chi connectivity index (χ2n) is 11.3. The molecule has 0 radical (unpaired) electrons. The molecule has 9 aromatic rings. The molecule has 0 amide bonds. The number of nitrogens with zero attached hydrogens (tertiary/aromatic N) is 3. The molecule has 0 N–H and O–H groups in total. The van der Waals surface area contributed by atoms with Crippen LogP contribution in [0.5, 0.6) is 0 Å². The fourth-order valence-corrected chi connectivity index (χ4v) is 6.33. The number of rotatable bonds is 4. The fraction of sp³-hybridized carbons (Fsp3) is 0. The van der Waals surface area contributed by atoms with E-state index in [0.29, 0.717) is 17.5 Å². The van der Waals surface area contributed by atoms with Crippen molar-refractivity contribution in [3.05, 3.63) is 152 Å². The number of aromatic nitrogens is 3. The second kappa shape index (κ2) is 10.2. The molecule has 0 aliphatic rings. The Morgan fingerprint density at radius 3 is 1.89 bits per heavy atom. The number of furan rings is 1. The Kier molecular flexibility index (Phi) is 5.78. The van der Waals surface area contributed by atoms with Crippen molar-refractivity contribution in [1.82, 2.24) is 15.0 Å². The lowest BCUT2D eigenvalue weighted by Crippen LogP contribution is -2.00. The van der Waals surface area contributed by atoms with Crippen LogP contribution in [0.25, 0.3) is 88.8 Å². The summed E-state index contributed by atoms with van der Waals surface area (Å²) in [5.74, 6) is 1.85. The van der Waals surface area contributed by atoms with E-state index in [1.807, 2.05) is 48.5 Å². The highest BCUT2D eigenvalue weighted by Crippen LogP contribution is 2.41. The summed E-state index contributed by atoms with van der Waals surface area (Å²) >= 11 is 0. The topological polar surface area (TPSA) is 51.8 Å². The molecule has 0 aliphatic carbocycles. The average molecular weight is 576 g/mol. The quantitative estimate of drug-likeness (QED) is 0.209. The van der Waals surface area contributed by atoms with Crippen LogP contribution in [0.15, 0.2) is 156 Å². The summed E-state index contributed by atoms with van der Waals surface area (Å²) < 4.78 is 6.50. The molecule has 0 atom stereocenters. The first kappa shape index (κ1) is 25.4. The Bertz CT molecular complexity index is 2540. The van der Waals surface area contributed by atoms with Gasteiger partial charge in [0.05, 0.1) is 0 Å². The largest absolute Gasteiger partial charge is 0.456 e. The van der Waals surface area contributed by atoms with Gasteiger partial charge in [-0.25, -0.2) is 15.0 Å². The van der Waals surface area contributed by atoms with Gasteiger partial charge in [0.1, 0.15) is 11.2 Å². The van der Waals surface area contributed by atoms with Gasteiger partial charge in [0, 0.05) is 27.5 Å². The van der Waals surface area contributed by atoms with Gasteiger partial charge in [-0.05, 0) is 56.9 Å². The lowest BCUT2D eigenvalue weighted by atomic mass is 9.94. The Labute approximate surface area is 259 Å². The average Bonchev–Trinajstić information content (AvgIpc) is 3.49. The van der Waals surface area contributed by atoms with Crippen LogP contribution in [-0.4, -0.2) is 15.0 Å². The third-order valence-corrected chi connectivity index (χ3v) is 8.50. The maximum Gasteiger partial charge on any atom is 0.164 e. The van der Waals surface area contributed by atoms with Crippen LogP contribution in [0.1, 0.15) is 0 Å². The fourth-order valence-electron chi connectivity index (χ4n) is 6.33. The van der Waals surface area contributed by atoms with Crippen molar-refractivity contribution < 1.29 is 4.42 Å². The smallest absolute Gasteiger partial charge is 0.164 e. The van der Waals surface area contributed by atoms with Gasteiger partial charge in [-0.3, -0.25) is 0 Å². The van der Waals surface area contributed by atoms with E-state index >= 15 is 0 Å². The highest BCUT2D eigenvalue weighted by atomic mass is 16.3. The number of hydrogen-bond donors (Lipinski definition) is 0. The summed E-state index contributed by atoms with van der Waals surface area (Å²) in [5.41, 5.74) is 6.57. The van der Waals surface area contributed by atoms with Gasteiger partial charge in [0.25, 0.3) is 0 Å². The molecule has 0 unspecified atom stereocenters. The van der Waals surface area contributed by atoms with Crippen molar-refractivity contribution in [2.24, 2.45) is 0 Å². The van der Waals surface area contributed by atoms with Gasteiger partial charge in [0.2, 0.25) is 0 Å². The molecule has 9 rings (SSSR count). The molecule has 210 valence electrons. The molecule has 2 heterocycles. The van der Waals surface area contributed by atoms with Gasteiger partial charge in [-0.15, -0.1) is 0 Å². The van der Waals surface area contributed by atoms with Crippen molar-refractivity contribution in [2.75, 3.05) is 0 Å². The number of hydrogen-bond acceptors (Lipinski definition) is 4. The normalized spacial score (nSPS) is 11.6. The lowest BCUT2D eigenvalue weighted by Gasteiger charge is -2.12. The Balaban J connectivity index is 1.36. The Morgan fingerprint density at radius 1 is 0.356 bits per heavy atom. The molecular weight excluding hydrogens is 550 g/mol. The van der Waals surface area contributed by atoms with Gasteiger partial charge in [-0.1, -0.05) is 127 Å². The molecule has 0 saturated heterocycles. The molecule has 2 aromatic heterocycles. The van der Waals surface area contributed by atoms with E-state index in [4.69, 9.17) is 19.4 Å². The first-order chi connectivity index (χ1) is 22.3. The second-order valence-corrected chi connectivity index (χ2v) is 11.3. The van der Waals surface area contributed by atoms with Crippen LogP contribution in [0.3, 0.4) is 0 Å². The zero-order chi connectivity index (χ0) is 29.7. The third kappa shape index (κ3) is 4.35. The highest BCUT2D eigenvalue weighted by Gasteiger charge is 2.20. The van der Waals surface area contributed by atoms with Gasteiger partial charge in [0.15, 0.2) is 17.5 Å². The third-order valence-electron chi connectivity index (χ3n) is 8.50. The van der Waals surface area contributed by atoms with Crippen LogP contribution in [0.4, 0.5) is 0 Å². The van der Waals surface area contributed by atoms with Crippen LogP contribution >= 0.6 is 0 Å². The van der Waals surface area contributed by atoms with Crippen LogP contribution in [0.2, 0.25) is 0 Å². The molecule has 45 heavy (non-hydrogen) atoms.